The first-order valence-corrected chi connectivity index (χ1v) is 5.95. The normalized spacial score (nSPS) is 10.3. The molecule has 0 aliphatic rings. The minimum Gasteiger partial charge on any atom is -0.368 e. The predicted octanol–water partition coefficient (Wildman–Crippen LogP) is 1.79. The van der Waals surface area contributed by atoms with E-state index in [2.05, 4.69) is 26.8 Å². The molecule has 0 bridgehead atoms. The van der Waals surface area contributed by atoms with E-state index in [1.165, 1.54) is 0 Å². The van der Waals surface area contributed by atoms with Gasteiger partial charge in [-0.3, -0.25) is 4.98 Å². The monoisotopic (exact) mass is 243 g/mol. The summed E-state index contributed by atoms with van der Waals surface area (Å²) < 4.78 is 0. The van der Waals surface area contributed by atoms with E-state index in [0.717, 1.165) is 23.8 Å². The molecule has 2 N–H and O–H groups in total. The van der Waals surface area contributed by atoms with E-state index in [4.69, 9.17) is 5.73 Å². The Morgan fingerprint density at radius 1 is 1.28 bits per heavy atom. The van der Waals surface area contributed by atoms with Gasteiger partial charge in [0, 0.05) is 24.5 Å². The minimum atomic E-state index is 0.310. The van der Waals surface area contributed by atoms with E-state index in [1.54, 1.807) is 6.20 Å². The molecule has 0 fully saturated rings. The van der Waals surface area contributed by atoms with Crippen LogP contribution in [0.15, 0.2) is 30.5 Å². The smallest absolute Gasteiger partial charge is 0.222 e. The van der Waals surface area contributed by atoms with E-state index >= 15 is 0 Å². The van der Waals surface area contributed by atoms with Crippen molar-refractivity contribution >= 4 is 11.8 Å². The number of hydrogen-bond donors (Lipinski definition) is 1. The molecule has 0 aliphatic heterocycles. The first kappa shape index (κ1) is 12.3. The molecule has 0 unspecified atom stereocenters. The van der Waals surface area contributed by atoms with Crippen LogP contribution in [0.1, 0.15) is 18.3 Å². The SMILES string of the molecule is CCN(Cc1ccccn1)c1cc(C)nc(N)n1. The first-order chi connectivity index (χ1) is 8.69. The molecule has 2 aromatic heterocycles. The Kier molecular flexibility index (Phi) is 3.72. The van der Waals surface area contributed by atoms with Crippen LogP contribution >= 0.6 is 0 Å². The Labute approximate surface area is 107 Å². The molecular formula is C13H17N5. The highest BCUT2D eigenvalue weighted by atomic mass is 15.2. The molecule has 2 heterocycles. The summed E-state index contributed by atoms with van der Waals surface area (Å²) in [5.41, 5.74) is 7.56. The molecule has 5 heteroatoms. The van der Waals surface area contributed by atoms with Crippen LogP contribution in [0.3, 0.4) is 0 Å². The maximum atomic E-state index is 5.68. The lowest BCUT2D eigenvalue weighted by Crippen LogP contribution is -2.24. The Morgan fingerprint density at radius 2 is 2.11 bits per heavy atom. The number of nitrogens with zero attached hydrogens (tertiary/aromatic N) is 4. The summed E-state index contributed by atoms with van der Waals surface area (Å²) >= 11 is 0. The average Bonchev–Trinajstić information content (AvgIpc) is 2.36. The third-order valence-electron chi connectivity index (χ3n) is 2.64. The third-order valence-corrected chi connectivity index (χ3v) is 2.64. The highest BCUT2D eigenvalue weighted by molar-refractivity contribution is 5.43. The summed E-state index contributed by atoms with van der Waals surface area (Å²) in [6.07, 6.45) is 1.79. The van der Waals surface area contributed by atoms with Crippen molar-refractivity contribution in [1.29, 1.82) is 0 Å². The van der Waals surface area contributed by atoms with Crippen LogP contribution in [0.5, 0.6) is 0 Å². The lowest BCUT2D eigenvalue weighted by molar-refractivity contribution is 0.790. The summed E-state index contributed by atoms with van der Waals surface area (Å²) in [6.45, 7) is 5.55. The number of hydrogen-bond acceptors (Lipinski definition) is 5. The quantitative estimate of drug-likeness (QED) is 0.886. The minimum absolute atomic E-state index is 0.310. The highest BCUT2D eigenvalue weighted by Crippen LogP contribution is 2.15. The van der Waals surface area contributed by atoms with Crippen LogP contribution in [0.25, 0.3) is 0 Å². The van der Waals surface area contributed by atoms with Gasteiger partial charge in [0.2, 0.25) is 5.95 Å². The molecular weight excluding hydrogens is 226 g/mol. The van der Waals surface area contributed by atoms with Gasteiger partial charge in [-0.25, -0.2) is 4.98 Å². The van der Waals surface area contributed by atoms with Crippen molar-refractivity contribution in [3.63, 3.8) is 0 Å². The molecule has 18 heavy (non-hydrogen) atoms. The van der Waals surface area contributed by atoms with Gasteiger partial charge in [0.25, 0.3) is 0 Å². The molecule has 0 saturated heterocycles. The number of nitrogens with two attached hydrogens (primary N) is 1. The van der Waals surface area contributed by atoms with Crippen molar-refractivity contribution in [1.82, 2.24) is 15.0 Å². The summed E-state index contributed by atoms with van der Waals surface area (Å²) in [5.74, 6) is 1.15. The fourth-order valence-electron chi connectivity index (χ4n) is 1.78. The van der Waals surface area contributed by atoms with E-state index in [1.807, 2.05) is 31.2 Å². The van der Waals surface area contributed by atoms with Crippen LogP contribution in [-0.2, 0) is 6.54 Å². The fourth-order valence-corrected chi connectivity index (χ4v) is 1.78. The van der Waals surface area contributed by atoms with Gasteiger partial charge >= 0.3 is 0 Å². The summed E-state index contributed by atoms with van der Waals surface area (Å²) in [4.78, 5) is 14.8. The van der Waals surface area contributed by atoms with Gasteiger partial charge < -0.3 is 10.6 Å². The second-order valence-corrected chi connectivity index (χ2v) is 4.06. The summed E-state index contributed by atoms with van der Waals surface area (Å²) in [6, 6.07) is 7.82. The summed E-state index contributed by atoms with van der Waals surface area (Å²) in [7, 11) is 0. The van der Waals surface area contributed by atoms with Crippen LogP contribution < -0.4 is 10.6 Å². The van der Waals surface area contributed by atoms with Gasteiger partial charge in [-0.05, 0) is 26.0 Å². The second-order valence-electron chi connectivity index (χ2n) is 4.06. The lowest BCUT2D eigenvalue weighted by Gasteiger charge is -2.21. The van der Waals surface area contributed by atoms with Crippen LogP contribution in [0.4, 0.5) is 11.8 Å². The zero-order valence-electron chi connectivity index (χ0n) is 10.7. The Balaban J connectivity index is 2.23. The molecule has 0 radical (unpaired) electrons. The Morgan fingerprint density at radius 3 is 2.72 bits per heavy atom. The van der Waals surface area contributed by atoms with Crippen molar-refractivity contribution in [3.05, 3.63) is 41.9 Å². The molecule has 2 rings (SSSR count). The zero-order chi connectivity index (χ0) is 13.0. The van der Waals surface area contributed by atoms with Gasteiger partial charge in [0.1, 0.15) is 5.82 Å². The van der Waals surface area contributed by atoms with Crippen LogP contribution in [0.2, 0.25) is 0 Å². The van der Waals surface area contributed by atoms with Gasteiger partial charge in [0.05, 0.1) is 12.2 Å². The highest BCUT2D eigenvalue weighted by Gasteiger charge is 2.09. The molecule has 0 amide bonds. The molecule has 0 aliphatic carbocycles. The Bertz CT molecular complexity index is 492. The van der Waals surface area contributed by atoms with Gasteiger partial charge in [-0.15, -0.1) is 0 Å². The predicted molar refractivity (Wildman–Crippen MR) is 72.1 cm³/mol. The number of rotatable bonds is 4. The maximum absolute atomic E-state index is 5.68. The van der Waals surface area contributed by atoms with Gasteiger partial charge in [-0.1, -0.05) is 6.07 Å². The number of anilines is 2. The molecule has 2 aromatic rings. The molecule has 5 nitrogen and oxygen atoms in total. The Hall–Kier alpha value is -2.17. The zero-order valence-corrected chi connectivity index (χ0v) is 10.7. The maximum Gasteiger partial charge on any atom is 0.222 e. The number of aryl methyl sites for hydroxylation is 1. The van der Waals surface area contributed by atoms with Crippen LogP contribution in [0, 0.1) is 6.92 Å². The largest absolute Gasteiger partial charge is 0.368 e. The molecule has 0 saturated carbocycles. The van der Waals surface area contributed by atoms with Crippen molar-refractivity contribution in [2.75, 3.05) is 17.2 Å². The van der Waals surface area contributed by atoms with Crippen molar-refractivity contribution in [2.24, 2.45) is 0 Å². The molecule has 0 spiro atoms. The van der Waals surface area contributed by atoms with E-state index < -0.39 is 0 Å². The van der Waals surface area contributed by atoms with E-state index in [0.29, 0.717) is 12.5 Å². The third kappa shape index (κ3) is 2.94. The van der Waals surface area contributed by atoms with Crippen molar-refractivity contribution < 1.29 is 0 Å². The fraction of sp³-hybridized carbons (Fsp3) is 0.308. The van der Waals surface area contributed by atoms with Crippen LogP contribution in [-0.4, -0.2) is 21.5 Å². The van der Waals surface area contributed by atoms with Crippen molar-refractivity contribution in [3.8, 4) is 0 Å². The molecule has 0 atom stereocenters. The second kappa shape index (κ2) is 5.44. The number of pyridine rings is 1. The summed E-state index contributed by atoms with van der Waals surface area (Å²) in [5, 5.41) is 0. The topological polar surface area (TPSA) is 67.9 Å². The van der Waals surface area contributed by atoms with Crippen molar-refractivity contribution in [2.45, 2.75) is 20.4 Å². The molecule has 0 aromatic carbocycles. The average molecular weight is 243 g/mol. The lowest BCUT2D eigenvalue weighted by atomic mass is 10.3. The van der Waals surface area contributed by atoms with E-state index in [-0.39, 0.29) is 0 Å². The number of aromatic nitrogens is 3. The first-order valence-electron chi connectivity index (χ1n) is 5.95. The number of nitrogen functional groups attached to an aromatic ring is 1. The standard InChI is InChI=1S/C13H17N5/c1-3-18(9-11-6-4-5-7-15-11)12-8-10(2)16-13(14)17-12/h4-8H,3,9H2,1-2H3,(H2,14,16,17). The van der Waals surface area contributed by atoms with Gasteiger partial charge in [-0.2, -0.15) is 4.98 Å². The molecule has 94 valence electrons. The van der Waals surface area contributed by atoms with Gasteiger partial charge in [0.15, 0.2) is 0 Å². The van der Waals surface area contributed by atoms with E-state index in [9.17, 15) is 0 Å².